The van der Waals surface area contributed by atoms with Gasteiger partial charge < -0.3 is 0 Å². The second kappa shape index (κ2) is 10.9. The first-order valence-electron chi connectivity index (χ1n) is 12.1. The molecule has 3 aromatic heterocycles. The van der Waals surface area contributed by atoms with Gasteiger partial charge in [0, 0.05) is 34.6 Å². The van der Waals surface area contributed by atoms with E-state index >= 15 is 0 Å². The van der Waals surface area contributed by atoms with Crippen LogP contribution in [0.3, 0.4) is 0 Å². The molecule has 198 valence electrons. The first-order chi connectivity index (χ1) is 19.5. The van der Waals surface area contributed by atoms with Crippen LogP contribution in [0.1, 0.15) is 5.56 Å². The number of nitrogens with one attached hydrogen (secondary N) is 1. The predicted octanol–water partition coefficient (Wildman–Crippen LogP) is 4.58. The highest BCUT2D eigenvalue weighted by Crippen LogP contribution is 2.26. The molecule has 2 N–H and O–H groups in total. The van der Waals surface area contributed by atoms with Crippen LogP contribution in [-0.2, 0) is 17.8 Å². The molecule has 0 fully saturated rings. The van der Waals surface area contributed by atoms with Gasteiger partial charge in [-0.3, -0.25) is 18.5 Å². The zero-order valence-corrected chi connectivity index (χ0v) is 22.3. The Hall–Kier alpha value is -4.55. The molecule has 10 nitrogen and oxygen atoms in total. The number of hydrogen-bond acceptors (Lipinski definition) is 6. The maximum Gasteiger partial charge on any atom is 0.286 e. The number of halogens is 1. The van der Waals surface area contributed by atoms with E-state index < -0.39 is 11.3 Å². The fraction of sp³-hybridized carbons (Fsp3) is 0.0357. The van der Waals surface area contributed by atoms with Crippen molar-refractivity contribution < 1.29 is 8.76 Å². The Bertz CT molecular complexity index is 1910. The van der Waals surface area contributed by atoms with Crippen molar-refractivity contribution in [3.8, 4) is 34.0 Å². The summed E-state index contributed by atoms with van der Waals surface area (Å²) in [6, 6.07) is 25.5. The monoisotopic (exact) mass is 569 g/mol. The Kier molecular flexibility index (Phi) is 7.01. The molecule has 0 saturated carbocycles. The zero-order chi connectivity index (χ0) is 27.6. The van der Waals surface area contributed by atoms with Crippen molar-refractivity contribution in [2.75, 3.05) is 0 Å². The van der Waals surface area contributed by atoms with Gasteiger partial charge in [-0.1, -0.05) is 48.0 Å². The molecule has 6 aromatic rings. The van der Waals surface area contributed by atoms with E-state index in [-0.39, 0.29) is 17.6 Å². The zero-order valence-electron chi connectivity index (χ0n) is 20.7. The molecule has 0 aliphatic heterocycles. The average Bonchev–Trinajstić information content (AvgIpc) is 3.42. The summed E-state index contributed by atoms with van der Waals surface area (Å²) in [6.07, 6.45) is 3.16. The van der Waals surface area contributed by atoms with Gasteiger partial charge in [-0.05, 0) is 54.1 Å². The minimum Gasteiger partial charge on any atom is -0.294 e. The van der Waals surface area contributed by atoms with Crippen molar-refractivity contribution in [2.24, 2.45) is 0 Å². The van der Waals surface area contributed by atoms with Crippen LogP contribution in [0.5, 0.6) is 0 Å². The van der Waals surface area contributed by atoms with Crippen LogP contribution in [0.4, 0.5) is 0 Å². The van der Waals surface area contributed by atoms with E-state index in [0.717, 1.165) is 16.8 Å². The molecule has 0 spiro atoms. The van der Waals surface area contributed by atoms with E-state index in [0.29, 0.717) is 33.4 Å². The molecule has 0 radical (unpaired) electrons. The Balaban J connectivity index is 1.53. The third-order valence-electron chi connectivity index (χ3n) is 6.26. The largest absolute Gasteiger partial charge is 0.294 e. The van der Waals surface area contributed by atoms with Crippen molar-refractivity contribution in [1.82, 2.24) is 34.0 Å². The number of hydrogen-bond donors (Lipinski definition) is 2. The first kappa shape index (κ1) is 25.7. The molecule has 40 heavy (non-hydrogen) atoms. The van der Waals surface area contributed by atoms with Crippen LogP contribution < -0.4 is 10.3 Å². The molecule has 3 aromatic carbocycles. The van der Waals surface area contributed by atoms with Crippen LogP contribution in [0.15, 0.2) is 102 Å². The molecule has 0 bridgehead atoms. The smallest absolute Gasteiger partial charge is 0.286 e. The Labute approximate surface area is 235 Å². The van der Waals surface area contributed by atoms with E-state index in [9.17, 15) is 9.00 Å². The quantitative estimate of drug-likeness (QED) is 0.269. The van der Waals surface area contributed by atoms with Gasteiger partial charge in [-0.15, -0.1) is 0 Å². The van der Waals surface area contributed by atoms with E-state index in [1.807, 2.05) is 60.7 Å². The molecular weight excluding hydrogens is 550 g/mol. The van der Waals surface area contributed by atoms with Gasteiger partial charge in [0.05, 0.1) is 11.4 Å². The lowest BCUT2D eigenvalue weighted by Crippen LogP contribution is -2.22. The van der Waals surface area contributed by atoms with Gasteiger partial charge in [-0.2, -0.15) is 10.2 Å². The van der Waals surface area contributed by atoms with E-state index in [1.165, 1.54) is 4.57 Å². The molecule has 0 saturated heterocycles. The minimum atomic E-state index is -2.14. The number of benzene rings is 3. The summed E-state index contributed by atoms with van der Waals surface area (Å²) in [5.74, 6) is 0.417. The molecule has 3 heterocycles. The van der Waals surface area contributed by atoms with Crippen LogP contribution in [0.2, 0.25) is 5.02 Å². The van der Waals surface area contributed by atoms with Crippen molar-refractivity contribution in [3.63, 3.8) is 0 Å². The molecular formula is C28H20ClN7O3S. The molecule has 1 unspecified atom stereocenters. The van der Waals surface area contributed by atoms with Crippen LogP contribution in [-0.4, -0.2) is 38.1 Å². The Morgan fingerprint density at radius 1 is 0.925 bits per heavy atom. The average molecular weight is 570 g/mol. The van der Waals surface area contributed by atoms with Crippen LogP contribution >= 0.6 is 11.6 Å². The fourth-order valence-electron chi connectivity index (χ4n) is 4.37. The number of fused-ring (bicyclic) bond motifs is 1. The van der Waals surface area contributed by atoms with Crippen molar-refractivity contribution in [3.05, 3.63) is 118 Å². The molecule has 0 aliphatic carbocycles. The second-order valence-electron chi connectivity index (χ2n) is 8.77. The highest BCUT2D eigenvalue weighted by molar-refractivity contribution is 7.77. The second-order valence-corrected chi connectivity index (χ2v) is 9.99. The lowest BCUT2D eigenvalue weighted by atomic mass is 10.1. The SMILES string of the molecule is O=c1c2ncn(-c3cccc(CNS(=O)O)c3)c2nc(-c2ccc(-c3cccnn3)cc2)n1-c1ccc(Cl)cc1. The predicted molar refractivity (Wildman–Crippen MR) is 154 cm³/mol. The summed E-state index contributed by atoms with van der Waals surface area (Å²) in [5.41, 5.74) is 4.60. The number of nitrogens with zero attached hydrogens (tertiary/aromatic N) is 6. The van der Waals surface area contributed by atoms with Crippen LogP contribution in [0.25, 0.3) is 45.2 Å². The van der Waals surface area contributed by atoms with Gasteiger partial charge in [0.15, 0.2) is 11.2 Å². The Morgan fingerprint density at radius 3 is 2.42 bits per heavy atom. The number of rotatable bonds is 7. The van der Waals surface area contributed by atoms with Crippen molar-refractivity contribution in [1.29, 1.82) is 0 Å². The summed E-state index contributed by atoms with van der Waals surface area (Å²) in [7, 11) is 0. The number of aromatic nitrogens is 6. The third-order valence-corrected chi connectivity index (χ3v) is 6.90. The minimum absolute atomic E-state index is 0.184. The third kappa shape index (κ3) is 5.06. The van der Waals surface area contributed by atoms with Gasteiger partial charge in [0.2, 0.25) is 11.3 Å². The maximum absolute atomic E-state index is 13.9. The normalized spacial score (nSPS) is 12.1. The maximum atomic E-state index is 13.9. The fourth-order valence-corrected chi connectivity index (χ4v) is 4.79. The standard InChI is InChI=1S/C28H20ClN7O3S/c29-21-10-12-22(13-11-21)36-26(20-8-6-19(7-9-20)24-5-2-14-31-34-24)33-27-25(28(36)37)30-17-35(27)23-4-1-3-18(15-23)16-32-40(38)39/h1-15,17,32H,16H2,(H,38,39). The summed E-state index contributed by atoms with van der Waals surface area (Å²) >= 11 is 3.99. The summed E-state index contributed by atoms with van der Waals surface area (Å²) in [6.45, 7) is 0.184. The van der Waals surface area contributed by atoms with E-state index in [4.69, 9.17) is 21.1 Å². The lowest BCUT2D eigenvalue weighted by molar-refractivity contribution is 0.548. The highest BCUT2D eigenvalue weighted by atomic mass is 35.5. The molecule has 6 rings (SSSR count). The van der Waals surface area contributed by atoms with Crippen LogP contribution in [0, 0.1) is 0 Å². The highest BCUT2D eigenvalue weighted by Gasteiger charge is 2.19. The molecule has 12 heteroatoms. The van der Waals surface area contributed by atoms with E-state index in [1.54, 1.807) is 41.4 Å². The topological polar surface area (TPSA) is 128 Å². The summed E-state index contributed by atoms with van der Waals surface area (Å²) in [5, 5.41) is 8.66. The summed E-state index contributed by atoms with van der Waals surface area (Å²) < 4.78 is 25.9. The van der Waals surface area contributed by atoms with Gasteiger partial charge in [0.1, 0.15) is 12.2 Å². The molecule has 0 amide bonds. The van der Waals surface area contributed by atoms with Gasteiger partial charge in [0.25, 0.3) is 5.56 Å². The van der Waals surface area contributed by atoms with Crippen molar-refractivity contribution in [2.45, 2.75) is 6.54 Å². The first-order valence-corrected chi connectivity index (χ1v) is 13.5. The lowest BCUT2D eigenvalue weighted by Gasteiger charge is -2.14. The molecule has 1 atom stereocenters. The summed E-state index contributed by atoms with van der Waals surface area (Å²) in [4.78, 5) is 23.3. The van der Waals surface area contributed by atoms with Gasteiger partial charge >= 0.3 is 0 Å². The van der Waals surface area contributed by atoms with Crippen molar-refractivity contribution >= 4 is 34.0 Å². The van der Waals surface area contributed by atoms with E-state index in [2.05, 4.69) is 19.9 Å². The van der Waals surface area contributed by atoms with Gasteiger partial charge in [-0.25, -0.2) is 18.9 Å². The number of imidazole rings is 1. The molecule has 0 aliphatic rings. The Morgan fingerprint density at radius 2 is 1.70 bits per heavy atom.